The molecule has 1 aromatic carbocycles. The summed E-state index contributed by atoms with van der Waals surface area (Å²) in [4.78, 5) is 20.2. The Morgan fingerprint density at radius 3 is 3.00 bits per heavy atom. The molecule has 106 valence electrons. The predicted molar refractivity (Wildman–Crippen MR) is 82.4 cm³/mol. The number of nitrogens with zero attached hydrogens (tertiary/aromatic N) is 1. The number of benzene rings is 1. The molecule has 0 saturated carbocycles. The number of para-hydroxylation sites is 1. The Kier molecular flexibility index (Phi) is 3.92. The molecule has 0 fully saturated rings. The molecule has 0 unspecified atom stereocenters. The number of H-pyrrole nitrogens is 1. The molecule has 0 aliphatic heterocycles. The maximum atomic E-state index is 11.5. The van der Waals surface area contributed by atoms with Gasteiger partial charge in [-0.05, 0) is 17.7 Å². The summed E-state index contributed by atoms with van der Waals surface area (Å²) in [7, 11) is 1.39. The molecule has 21 heavy (non-hydrogen) atoms. The lowest BCUT2D eigenvalue weighted by atomic mass is 10.2. The van der Waals surface area contributed by atoms with Gasteiger partial charge in [0.05, 0.1) is 13.5 Å². The van der Waals surface area contributed by atoms with Crippen molar-refractivity contribution in [1.29, 1.82) is 0 Å². The lowest BCUT2D eigenvalue weighted by molar-refractivity contribution is -0.139. The zero-order valence-corrected chi connectivity index (χ0v) is 12.3. The summed E-state index contributed by atoms with van der Waals surface area (Å²) < 4.78 is 4.73. The minimum Gasteiger partial charge on any atom is -0.469 e. The minimum absolute atomic E-state index is 0.231. The summed E-state index contributed by atoms with van der Waals surface area (Å²) in [6.07, 6.45) is 3.93. The van der Waals surface area contributed by atoms with Crippen molar-refractivity contribution in [3.63, 3.8) is 0 Å². The largest absolute Gasteiger partial charge is 0.469 e. The fourth-order valence-electron chi connectivity index (χ4n) is 2.11. The highest BCUT2D eigenvalue weighted by atomic mass is 32.2. The summed E-state index contributed by atoms with van der Waals surface area (Å²) in [5.74, 6) is -0.260. The van der Waals surface area contributed by atoms with Crippen molar-refractivity contribution >= 4 is 28.6 Å². The van der Waals surface area contributed by atoms with Crippen molar-refractivity contribution in [3.05, 3.63) is 54.4 Å². The highest BCUT2D eigenvalue weighted by molar-refractivity contribution is 7.99. The number of carbonyl (C=O) groups is 1. The first-order chi connectivity index (χ1) is 10.3. The molecule has 2 heterocycles. The minimum atomic E-state index is -0.260. The van der Waals surface area contributed by atoms with Crippen LogP contribution in [-0.2, 0) is 16.0 Å². The van der Waals surface area contributed by atoms with E-state index in [0.29, 0.717) is 0 Å². The number of nitrogens with one attached hydrogen (secondary N) is 1. The summed E-state index contributed by atoms with van der Waals surface area (Å²) in [5, 5.41) is 1.98. The summed E-state index contributed by atoms with van der Waals surface area (Å²) in [5.41, 5.74) is 1.96. The number of aromatic nitrogens is 2. The number of ether oxygens (including phenoxy) is 1. The lowest BCUT2D eigenvalue weighted by Crippen LogP contribution is -2.05. The number of hydrogen-bond donors (Lipinski definition) is 1. The van der Waals surface area contributed by atoms with Crippen molar-refractivity contribution in [2.24, 2.45) is 0 Å². The van der Waals surface area contributed by atoms with E-state index in [4.69, 9.17) is 4.74 Å². The smallest absolute Gasteiger partial charge is 0.310 e. The maximum absolute atomic E-state index is 11.5. The van der Waals surface area contributed by atoms with Gasteiger partial charge < -0.3 is 9.72 Å². The Morgan fingerprint density at radius 1 is 1.29 bits per heavy atom. The zero-order chi connectivity index (χ0) is 14.7. The summed E-state index contributed by atoms with van der Waals surface area (Å²) in [6, 6.07) is 11.8. The van der Waals surface area contributed by atoms with E-state index in [1.54, 1.807) is 18.0 Å². The molecular formula is C16H14N2O2S. The van der Waals surface area contributed by atoms with E-state index in [2.05, 4.69) is 16.0 Å². The molecule has 3 rings (SSSR count). The molecular weight excluding hydrogens is 284 g/mol. The third-order valence-electron chi connectivity index (χ3n) is 3.17. The molecule has 0 radical (unpaired) electrons. The molecule has 0 bridgehead atoms. The van der Waals surface area contributed by atoms with E-state index in [1.165, 1.54) is 7.11 Å². The average molecular weight is 298 g/mol. The molecule has 0 saturated heterocycles. The first kappa shape index (κ1) is 13.7. The highest BCUT2D eigenvalue weighted by Crippen LogP contribution is 2.34. The molecule has 0 spiro atoms. The predicted octanol–water partition coefficient (Wildman–Crippen LogP) is 3.43. The fourth-order valence-corrected chi connectivity index (χ4v) is 3.11. The van der Waals surface area contributed by atoms with Gasteiger partial charge in [0.25, 0.3) is 0 Å². The first-order valence-electron chi connectivity index (χ1n) is 6.52. The number of hydrogen-bond acceptors (Lipinski definition) is 4. The van der Waals surface area contributed by atoms with Crippen LogP contribution in [0.15, 0.2) is 58.7 Å². The van der Waals surface area contributed by atoms with Gasteiger partial charge in [0, 0.05) is 28.2 Å². The second-order valence-corrected chi connectivity index (χ2v) is 5.55. The van der Waals surface area contributed by atoms with Crippen LogP contribution in [-0.4, -0.2) is 23.0 Å². The van der Waals surface area contributed by atoms with Crippen LogP contribution in [0.4, 0.5) is 0 Å². The van der Waals surface area contributed by atoms with Gasteiger partial charge >= 0.3 is 5.97 Å². The van der Waals surface area contributed by atoms with Gasteiger partial charge in [0.1, 0.15) is 5.03 Å². The van der Waals surface area contributed by atoms with Crippen LogP contribution in [0.25, 0.3) is 10.9 Å². The number of carbonyl (C=O) groups excluding carboxylic acids is 1. The molecule has 0 amide bonds. The van der Waals surface area contributed by atoms with Gasteiger partial charge in [0.2, 0.25) is 0 Å². The second-order valence-electron chi connectivity index (χ2n) is 4.52. The van der Waals surface area contributed by atoms with Crippen LogP contribution in [0.1, 0.15) is 5.56 Å². The van der Waals surface area contributed by atoms with Crippen LogP contribution >= 0.6 is 11.8 Å². The highest BCUT2D eigenvalue weighted by Gasteiger charge is 2.12. The van der Waals surface area contributed by atoms with Gasteiger partial charge in [-0.3, -0.25) is 4.79 Å². The fraction of sp³-hybridized carbons (Fsp3) is 0.125. The third kappa shape index (κ3) is 2.92. The van der Waals surface area contributed by atoms with E-state index in [1.807, 2.05) is 36.5 Å². The Bertz CT molecular complexity index is 783. The van der Waals surface area contributed by atoms with Crippen LogP contribution in [0, 0.1) is 0 Å². The van der Waals surface area contributed by atoms with Crippen molar-refractivity contribution in [1.82, 2.24) is 9.97 Å². The molecule has 0 atom stereocenters. The lowest BCUT2D eigenvalue weighted by Gasteiger charge is -2.06. The Labute approximate surface area is 126 Å². The molecule has 5 heteroatoms. The number of pyridine rings is 1. The molecule has 0 aliphatic rings. The molecule has 1 N–H and O–H groups in total. The molecule has 0 aliphatic carbocycles. The van der Waals surface area contributed by atoms with E-state index in [-0.39, 0.29) is 12.4 Å². The van der Waals surface area contributed by atoms with Crippen LogP contribution < -0.4 is 0 Å². The second kappa shape index (κ2) is 6.01. The van der Waals surface area contributed by atoms with E-state index in [0.717, 1.165) is 26.4 Å². The SMILES string of the molecule is COC(=O)Cc1cccnc1Sc1c[nH]c2ccccc12. The van der Waals surface area contributed by atoms with Crippen molar-refractivity contribution < 1.29 is 9.53 Å². The van der Waals surface area contributed by atoms with Crippen LogP contribution in [0.2, 0.25) is 0 Å². The Hall–Kier alpha value is -2.27. The van der Waals surface area contributed by atoms with Crippen molar-refractivity contribution in [3.8, 4) is 0 Å². The summed E-state index contributed by atoms with van der Waals surface area (Å²) >= 11 is 1.55. The number of fused-ring (bicyclic) bond motifs is 1. The third-order valence-corrected chi connectivity index (χ3v) is 4.29. The number of esters is 1. The number of aromatic amines is 1. The average Bonchev–Trinajstić information content (AvgIpc) is 2.92. The van der Waals surface area contributed by atoms with E-state index < -0.39 is 0 Å². The van der Waals surface area contributed by atoms with Crippen LogP contribution in [0.5, 0.6) is 0 Å². The quantitative estimate of drug-likeness (QED) is 0.750. The number of rotatable bonds is 4. The monoisotopic (exact) mass is 298 g/mol. The van der Waals surface area contributed by atoms with E-state index in [9.17, 15) is 4.79 Å². The van der Waals surface area contributed by atoms with Gasteiger partial charge in [0.15, 0.2) is 0 Å². The maximum Gasteiger partial charge on any atom is 0.310 e. The first-order valence-corrected chi connectivity index (χ1v) is 7.34. The molecule has 4 nitrogen and oxygen atoms in total. The number of methoxy groups -OCH3 is 1. The topological polar surface area (TPSA) is 55.0 Å². The molecule has 2 aromatic heterocycles. The Balaban J connectivity index is 1.93. The van der Waals surface area contributed by atoms with Gasteiger partial charge in [-0.1, -0.05) is 36.0 Å². The van der Waals surface area contributed by atoms with E-state index >= 15 is 0 Å². The van der Waals surface area contributed by atoms with Gasteiger partial charge in [-0.2, -0.15) is 0 Å². The summed E-state index contributed by atoms with van der Waals surface area (Å²) in [6.45, 7) is 0. The zero-order valence-electron chi connectivity index (χ0n) is 11.5. The standard InChI is InChI=1S/C16H14N2O2S/c1-20-15(19)9-11-5-4-8-17-16(11)21-14-10-18-13-7-3-2-6-12(13)14/h2-8,10,18H,9H2,1H3. The molecule has 3 aromatic rings. The van der Waals surface area contributed by atoms with Crippen LogP contribution in [0.3, 0.4) is 0 Å². The Morgan fingerprint density at radius 2 is 2.14 bits per heavy atom. The van der Waals surface area contributed by atoms with Crippen molar-refractivity contribution in [2.75, 3.05) is 7.11 Å². The van der Waals surface area contributed by atoms with Crippen molar-refractivity contribution in [2.45, 2.75) is 16.3 Å². The van der Waals surface area contributed by atoms with Gasteiger partial charge in [-0.25, -0.2) is 4.98 Å². The normalized spacial score (nSPS) is 10.7. The van der Waals surface area contributed by atoms with Gasteiger partial charge in [-0.15, -0.1) is 0 Å².